The first kappa shape index (κ1) is 13.6. The van der Waals surface area contributed by atoms with Crippen LogP contribution in [-0.4, -0.2) is 36.1 Å². The lowest BCUT2D eigenvalue weighted by Gasteiger charge is -2.39. The van der Waals surface area contributed by atoms with Crippen LogP contribution in [0, 0.1) is 17.8 Å². The van der Waals surface area contributed by atoms with Crippen LogP contribution >= 0.6 is 0 Å². The van der Waals surface area contributed by atoms with Crippen LogP contribution in [0.2, 0.25) is 0 Å². The minimum atomic E-state index is 0.291. The number of rotatable bonds is 3. The predicted molar refractivity (Wildman–Crippen MR) is 77.8 cm³/mol. The van der Waals surface area contributed by atoms with Crippen LogP contribution in [0.15, 0.2) is 6.07 Å². The summed E-state index contributed by atoms with van der Waals surface area (Å²) in [6, 6.07) is 2.45. The summed E-state index contributed by atoms with van der Waals surface area (Å²) in [6.07, 6.45) is 0.866. The van der Waals surface area contributed by atoms with Crippen molar-refractivity contribution in [3.8, 4) is 11.8 Å². The molecule has 102 valence electrons. The number of likely N-dealkylation sites (N-methyl/N-ethyl adjacent to an activating group) is 1. The van der Waals surface area contributed by atoms with Crippen molar-refractivity contribution in [1.82, 2.24) is 15.3 Å². The molecule has 5 heteroatoms. The Balaban J connectivity index is 2.09. The lowest BCUT2D eigenvalue weighted by Crippen LogP contribution is -2.57. The largest absolute Gasteiger partial charge is 0.368 e. The highest BCUT2D eigenvalue weighted by molar-refractivity contribution is 5.49. The summed E-state index contributed by atoms with van der Waals surface area (Å²) in [5.74, 6) is 7.91. The van der Waals surface area contributed by atoms with Crippen molar-refractivity contribution in [1.29, 1.82) is 0 Å². The molecule has 1 aromatic rings. The molecule has 2 heterocycles. The van der Waals surface area contributed by atoms with Gasteiger partial charge in [0.1, 0.15) is 11.5 Å². The van der Waals surface area contributed by atoms with E-state index in [9.17, 15) is 0 Å². The Bertz CT molecular complexity index is 494. The van der Waals surface area contributed by atoms with Crippen molar-refractivity contribution in [2.24, 2.45) is 5.92 Å². The number of nitrogens with one attached hydrogen (secondary N) is 1. The van der Waals surface area contributed by atoms with Crippen LogP contribution in [0.25, 0.3) is 0 Å². The van der Waals surface area contributed by atoms with Crippen LogP contribution in [0.1, 0.15) is 26.0 Å². The summed E-state index contributed by atoms with van der Waals surface area (Å²) in [6.45, 7) is 6.19. The smallest absolute Gasteiger partial charge is 0.223 e. The number of hydrogen-bond acceptors (Lipinski definition) is 5. The van der Waals surface area contributed by atoms with Gasteiger partial charge in [0.15, 0.2) is 0 Å². The molecule has 0 atom stereocenters. The van der Waals surface area contributed by atoms with E-state index in [1.165, 1.54) is 0 Å². The minimum absolute atomic E-state index is 0.291. The molecule has 1 saturated heterocycles. The maximum Gasteiger partial charge on any atom is 0.223 e. The molecule has 0 radical (unpaired) electrons. The van der Waals surface area contributed by atoms with Crippen molar-refractivity contribution >= 4 is 11.8 Å². The molecule has 1 aliphatic rings. The molecular formula is C14H21N5. The highest BCUT2D eigenvalue weighted by Crippen LogP contribution is 2.19. The molecule has 2 rings (SSSR count). The Labute approximate surface area is 114 Å². The second kappa shape index (κ2) is 5.89. The van der Waals surface area contributed by atoms with E-state index in [1.54, 1.807) is 0 Å². The molecule has 19 heavy (non-hydrogen) atoms. The third kappa shape index (κ3) is 3.58. The zero-order valence-corrected chi connectivity index (χ0v) is 11.8. The van der Waals surface area contributed by atoms with Crippen molar-refractivity contribution in [2.45, 2.75) is 26.3 Å². The van der Waals surface area contributed by atoms with Gasteiger partial charge in [-0.1, -0.05) is 19.8 Å². The molecule has 0 aliphatic carbocycles. The van der Waals surface area contributed by atoms with Crippen LogP contribution in [-0.2, 0) is 0 Å². The molecule has 1 aromatic heterocycles. The highest BCUT2D eigenvalue weighted by Gasteiger charge is 2.26. The standard InChI is InChI=1S/C14H21N5/c1-10(2)5-4-6-11-7-13(18-14(15)17-11)19-8-12(9-19)16-3/h7,10,12,16H,5,8-9H2,1-3H3,(H2,15,17,18). The van der Waals surface area contributed by atoms with Gasteiger partial charge in [-0.25, -0.2) is 4.98 Å². The van der Waals surface area contributed by atoms with Crippen molar-refractivity contribution in [2.75, 3.05) is 30.8 Å². The number of nitrogen functional groups attached to an aromatic ring is 1. The molecule has 0 bridgehead atoms. The van der Waals surface area contributed by atoms with Gasteiger partial charge in [-0.15, -0.1) is 0 Å². The molecule has 3 N–H and O–H groups in total. The SMILES string of the molecule is CNC1CN(c2cc(C#CCC(C)C)nc(N)n2)C1. The fourth-order valence-electron chi connectivity index (χ4n) is 1.87. The molecule has 0 saturated carbocycles. The van der Waals surface area contributed by atoms with Gasteiger partial charge in [0.05, 0.1) is 0 Å². The zero-order chi connectivity index (χ0) is 13.8. The van der Waals surface area contributed by atoms with Crippen LogP contribution in [0.3, 0.4) is 0 Å². The second-order valence-electron chi connectivity index (χ2n) is 5.26. The summed E-state index contributed by atoms with van der Waals surface area (Å²) >= 11 is 0. The summed E-state index contributed by atoms with van der Waals surface area (Å²) in [4.78, 5) is 10.6. The lowest BCUT2D eigenvalue weighted by molar-refractivity contribution is 0.447. The van der Waals surface area contributed by atoms with Gasteiger partial charge in [0.25, 0.3) is 0 Å². The summed E-state index contributed by atoms with van der Waals surface area (Å²) in [5, 5.41) is 3.23. The molecule has 0 amide bonds. The maximum absolute atomic E-state index is 5.74. The van der Waals surface area contributed by atoms with E-state index in [-0.39, 0.29) is 0 Å². The fraction of sp³-hybridized carbons (Fsp3) is 0.571. The molecule has 5 nitrogen and oxygen atoms in total. The summed E-state index contributed by atoms with van der Waals surface area (Å²) < 4.78 is 0. The number of nitrogens with two attached hydrogens (primary N) is 1. The number of anilines is 2. The normalized spacial score (nSPS) is 15.1. The number of nitrogens with zero attached hydrogens (tertiary/aromatic N) is 3. The van der Waals surface area contributed by atoms with Crippen LogP contribution < -0.4 is 16.0 Å². The van der Waals surface area contributed by atoms with E-state index >= 15 is 0 Å². The molecule has 1 aliphatic heterocycles. The number of hydrogen-bond donors (Lipinski definition) is 2. The Morgan fingerprint density at radius 2 is 2.21 bits per heavy atom. The van der Waals surface area contributed by atoms with Crippen LogP contribution in [0.5, 0.6) is 0 Å². The van der Waals surface area contributed by atoms with Gasteiger partial charge in [-0.3, -0.25) is 0 Å². The van der Waals surface area contributed by atoms with Gasteiger partial charge in [-0.05, 0) is 18.9 Å². The monoisotopic (exact) mass is 259 g/mol. The molecule has 0 spiro atoms. The molecular weight excluding hydrogens is 238 g/mol. The maximum atomic E-state index is 5.74. The van der Waals surface area contributed by atoms with Gasteiger partial charge in [-0.2, -0.15) is 4.98 Å². The van der Waals surface area contributed by atoms with E-state index in [1.807, 2.05) is 13.1 Å². The number of aromatic nitrogens is 2. The average molecular weight is 259 g/mol. The van der Waals surface area contributed by atoms with Crippen molar-refractivity contribution in [3.63, 3.8) is 0 Å². The highest BCUT2D eigenvalue weighted by atomic mass is 15.3. The fourth-order valence-corrected chi connectivity index (χ4v) is 1.87. The third-order valence-corrected chi connectivity index (χ3v) is 3.07. The first-order valence-corrected chi connectivity index (χ1v) is 6.64. The Hall–Kier alpha value is -1.80. The van der Waals surface area contributed by atoms with E-state index in [0.717, 1.165) is 25.3 Å². The second-order valence-corrected chi connectivity index (χ2v) is 5.26. The zero-order valence-electron chi connectivity index (χ0n) is 11.8. The van der Waals surface area contributed by atoms with Crippen molar-refractivity contribution in [3.05, 3.63) is 11.8 Å². The first-order valence-electron chi connectivity index (χ1n) is 6.64. The minimum Gasteiger partial charge on any atom is -0.368 e. The molecule has 0 unspecified atom stereocenters. The Kier molecular flexibility index (Phi) is 4.23. The van der Waals surface area contributed by atoms with Gasteiger partial charge >= 0.3 is 0 Å². The summed E-state index contributed by atoms with van der Waals surface area (Å²) in [7, 11) is 1.97. The van der Waals surface area contributed by atoms with E-state index in [2.05, 4.69) is 45.9 Å². The summed E-state index contributed by atoms with van der Waals surface area (Å²) in [5.41, 5.74) is 6.45. The van der Waals surface area contributed by atoms with Gasteiger partial charge < -0.3 is 16.0 Å². The lowest BCUT2D eigenvalue weighted by atomic mass is 10.1. The first-order chi connectivity index (χ1) is 9.08. The van der Waals surface area contributed by atoms with E-state index in [4.69, 9.17) is 5.73 Å². The predicted octanol–water partition coefficient (Wildman–Crippen LogP) is 0.864. The van der Waals surface area contributed by atoms with Crippen molar-refractivity contribution < 1.29 is 0 Å². The van der Waals surface area contributed by atoms with E-state index in [0.29, 0.717) is 23.6 Å². The van der Waals surface area contributed by atoms with Gasteiger partial charge in [0, 0.05) is 31.6 Å². The average Bonchev–Trinajstić information content (AvgIpc) is 2.26. The molecule has 0 aromatic carbocycles. The molecule has 1 fully saturated rings. The van der Waals surface area contributed by atoms with Gasteiger partial charge in [0.2, 0.25) is 5.95 Å². The third-order valence-electron chi connectivity index (χ3n) is 3.07. The Morgan fingerprint density at radius 3 is 2.84 bits per heavy atom. The Morgan fingerprint density at radius 1 is 1.47 bits per heavy atom. The van der Waals surface area contributed by atoms with E-state index < -0.39 is 0 Å². The van der Waals surface area contributed by atoms with Crippen LogP contribution in [0.4, 0.5) is 11.8 Å². The topological polar surface area (TPSA) is 67.1 Å². The quantitative estimate of drug-likeness (QED) is 0.788.